The summed E-state index contributed by atoms with van der Waals surface area (Å²) in [6.45, 7) is 9.40. The number of nitrogens with one attached hydrogen (secondary N) is 1. The Morgan fingerprint density at radius 3 is 2.36 bits per heavy atom. The lowest BCUT2D eigenvalue weighted by Crippen LogP contribution is -2.48. The number of carbonyl (C=O) groups excluding carboxylic acids is 2. The lowest BCUT2D eigenvalue weighted by atomic mass is 9.98. The molecule has 1 aromatic rings. The van der Waals surface area contributed by atoms with Crippen molar-refractivity contribution in [3.8, 4) is 11.5 Å². The topological polar surface area (TPSA) is 119 Å². The molecular formula is C25H41N3O8. The molecule has 1 aliphatic rings. The van der Waals surface area contributed by atoms with Gasteiger partial charge in [0.1, 0.15) is 37.5 Å². The number of nitrogens with zero attached hydrogens (tertiary/aromatic N) is 2. The summed E-state index contributed by atoms with van der Waals surface area (Å²) in [5.74, 6) is 0.950. The number of methoxy groups -OCH3 is 1. The van der Waals surface area contributed by atoms with Crippen molar-refractivity contribution < 1.29 is 38.4 Å². The maximum absolute atomic E-state index is 12.3. The second-order valence-electron chi connectivity index (χ2n) is 9.50. The van der Waals surface area contributed by atoms with Crippen LogP contribution in [0.3, 0.4) is 0 Å². The van der Waals surface area contributed by atoms with Gasteiger partial charge in [-0.2, -0.15) is 0 Å². The molecule has 0 aliphatic carbocycles. The van der Waals surface area contributed by atoms with Crippen molar-refractivity contribution in [2.75, 3.05) is 79.6 Å². The molecule has 2 amide bonds. The molecule has 1 aliphatic heterocycles. The Morgan fingerprint density at radius 1 is 1.11 bits per heavy atom. The van der Waals surface area contributed by atoms with Crippen molar-refractivity contribution in [1.82, 2.24) is 15.1 Å². The van der Waals surface area contributed by atoms with E-state index in [2.05, 4.69) is 5.32 Å². The normalized spacial score (nSPS) is 14.9. The molecule has 2 rings (SSSR count). The zero-order chi connectivity index (χ0) is 26.4. The van der Waals surface area contributed by atoms with Crippen molar-refractivity contribution in [1.29, 1.82) is 0 Å². The number of esters is 1. The zero-order valence-corrected chi connectivity index (χ0v) is 21.9. The average molecular weight is 512 g/mol. The summed E-state index contributed by atoms with van der Waals surface area (Å²) < 4.78 is 26.9. The number of ether oxygens (including phenoxy) is 5. The van der Waals surface area contributed by atoms with Gasteiger partial charge in [-0.25, -0.2) is 4.79 Å². The third kappa shape index (κ3) is 11.4. The minimum atomic E-state index is -0.842. The van der Waals surface area contributed by atoms with Crippen LogP contribution in [-0.4, -0.2) is 113 Å². The maximum Gasteiger partial charge on any atom is 0.317 e. The molecule has 1 unspecified atom stereocenters. The SMILES string of the molecule is COCCOc1ccc(OCC(O)CN(CCNC(=O)N2CCOCC2)COC(=O)C(C)(C)C)cc1. The van der Waals surface area contributed by atoms with E-state index in [0.29, 0.717) is 64.1 Å². The first-order valence-corrected chi connectivity index (χ1v) is 12.2. The Labute approximate surface area is 213 Å². The van der Waals surface area contributed by atoms with Crippen molar-refractivity contribution in [2.45, 2.75) is 26.9 Å². The number of urea groups is 1. The lowest BCUT2D eigenvalue weighted by Gasteiger charge is -2.29. The molecule has 204 valence electrons. The van der Waals surface area contributed by atoms with Crippen LogP contribution in [0, 0.1) is 5.41 Å². The summed E-state index contributed by atoms with van der Waals surface area (Å²) in [4.78, 5) is 28.0. The van der Waals surface area contributed by atoms with Crippen molar-refractivity contribution in [3.63, 3.8) is 0 Å². The van der Waals surface area contributed by atoms with E-state index in [4.69, 9.17) is 23.7 Å². The Balaban J connectivity index is 1.82. The van der Waals surface area contributed by atoms with Crippen LogP contribution in [0.5, 0.6) is 11.5 Å². The minimum Gasteiger partial charge on any atom is -0.491 e. The predicted octanol–water partition coefficient (Wildman–Crippen LogP) is 1.34. The maximum atomic E-state index is 12.3. The first-order valence-electron chi connectivity index (χ1n) is 12.2. The van der Waals surface area contributed by atoms with Gasteiger partial charge in [0.05, 0.1) is 25.2 Å². The Morgan fingerprint density at radius 2 is 1.75 bits per heavy atom. The highest BCUT2D eigenvalue weighted by molar-refractivity contribution is 5.75. The fraction of sp³-hybridized carbons (Fsp3) is 0.680. The van der Waals surface area contributed by atoms with E-state index >= 15 is 0 Å². The average Bonchev–Trinajstić information content (AvgIpc) is 2.86. The quantitative estimate of drug-likeness (QED) is 0.217. The van der Waals surface area contributed by atoms with Gasteiger partial charge in [-0.3, -0.25) is 9.69 Å². The molecular weight excluding hydrogens is 470 g/mol. The molecule has 11 heteroatoms. The molecule has 11 nitrogen and oxygen atoms in total. The Hall–Kier alpha value is -2.60. The summed E-state index contributed by atoms with van der Waals surface area (Å²) in [6.07, 6.45) is -0.842. The van der Waals surface area contributed by atoms with Crippen molar-refractivity contribution in [3.05, 3.63) is 24.3 Å². The summed E-state index contributed by atoms with van der Waals surface area (Å²) in [5, 5.41) is 13.4. The third-order valence-corrected chi connectivity index (χ3v) is 5.28. The molecule has 36 heavy (non-hydrogen) atoms. The van der Waals surface area contributed by atoms with E-state index in [9.17, 15) is 14.7 Å². The van der Waals surface area contributed by atoms with Gasteiger partial charge < -0.3 is 39.0 Å². The zero-order valence-electron chi connectivity index (χ0n) is 21.9. The molecule has 1 aromatic carbocycles. The largest absolute Gasteiger partial charge is 0.491 e. The van der Waals surface area contributed by atoms with Crippen LogP contribution in [0.25, 0.3) is 0 Å². The number of hydrogen-bond donors (Lipinski definition) is 2. The van der Waals surface area contributed by atoms with Gasteiger partial charge >= 0.3 is 12.0 Å². The number of hydrogen-bond acceptors (Lipinski definition) is 9. The highest BCUT2D eigenvalue weighted by Crippen LogP contribution is 2.18. The number of rotatable bonds is 14. The summed E-state index contributed by atoms with van der Waals surface area (Å²) >= 11 is 0. The van der Waals surface area contributed by atoms with Gasteiger partial charge in [0.25, 0.3) is 0 Å². The first kappa shape index (κ1) is 29.6. The van der Waals surface area contributed by atoms with Gasteiger partial charge in [-0.15, -0.1) is 0 Å². The van der Waals surface area contributed by atoms with Crippen molar-refractivity contribution in [2.24, 2.45) is 5.41 Å². The van der Waals surface area contributed by atoms with Gasteiger partial charge in [-0.1, -0.05) is 0 Å². The van der Waals surface area contributed by atoms with E-state index in [1.807, 2.05) is 0 Å². The van der Waals surface area contributed by atoms with Crippen LogP contribution < -0.4 is 14.8 Å². The third-order valence-electron chi connectivity index (χ3n) is 5.28. The van der Waals surface area contributed by atoms with Gasteiger partial charge in [-0.05, 0) is 45.0 Å². The van der Waals surface area contributed by atoms with Crippen LogP contribution in [0.2, 0.25) is 0 Å². The first-order chi connectivity index (χ1) is 17.2. The summed E-state index contributed by atoms with van der Waals surface area (Å²) in [7, 11) is 1.61. The molecule has 2 N–H and O–H groups in total. The smallest absolute Gasteiger partial charge is 0.317 e. The fourth-order valence-corrected chi connectivity index (χ4v) is 3.19. The lowest BCUT2D eigenvalue weighted by molar-refractivity contribution is -0.158. The van der Waals surface area contributed by atoms with E-state index in [1.54, 1.807) is 61.9 Å². The van der Waals surface area contributed by atoms with E-state index in [1.165, 1.54) is 0 Å². The number of amides is 2. The van der Waals surface area contributed by atoms with Gasteiger partial charge in [0.2, 0.25) is 0 Å². The number of aliphatic hydroxyl groups excluding tert-OH is 1. The van der Waals surface area contributed by atoms with Gasteiger partial charge in [0.15, 0.2) is 0 Å². The van der Waals surface area contributed by atoms with Crippen LogP contribution in [0.1, 0.15) is 20.8 Å². The molecule has 0 radical (unpaired) electrons. The Bertz CT molecular complexity index is 779. The molecule has 1 heterocycles. The summed E-state index contributed by atoms with van der Waals surface area (Å²) in [5.41, 5.74) is -0.641. The van der Waals surface area contributed by atoms with E-state index in [0.717, 1.165) is 0 Å². The van der Waals surface area contributed by atoms with Crippen LogP contribution in [0.4, 0.5) is 4.79 Å². The number of benzene rings is 1. The molecule has 0 bridgehead atoms. The second kappa shape index (κ2) is 15.5. The highest BCUT2D eigenvalue weighted by Gasteiger charge is 2.24. The number of morpholine rings is 1. The highest BCUT2D eigenvalue weighted by atomic mass is 16.5. The molecule has 1 atom stereocenters. The predicted molar refractivity (Wildman–Crippen MR) is 133 cm³/mol. The molecule has 0 spiro atoms. The fourth-order valence-electron chi connectivity index (χ4n) is 3.19. The Kier molecular flexibility index (Phi) is 12.8. The molecule has 0 aromatic heterocycles. The standard InChI is InChI=1S/C25H41N3O8/c1-25(2,3)23(30)36-19-27(10-9-26-24(31)28-11-13-33-14-12-28)17-20(29)18-35-22-7-5-21(6-8-22)34-16-15-32-4/h5-8,20,29H,9-19H2,1-4H3,(H,26,31). The van der Waals surface area contributed by atoms with E-state index < -0.39 is 11.5 Å². The molecule has 1 fully saturated rings. The van der Waals surface area contributed by atoms with E-state index in [-0.39, 0.29) is 31.9 Å². The van der Waals surface area contributed by atoms with Gasteiger partial charge in [0, 0.05) is 39.8 Å². The molecule has 1 saturated heterocycles. The number of carbonyl (C=O) groups is 2. The minimum absolute atomic E-state index is 0.00585. The van der Waals surface area contributed by atoms with Crippen LogP contribution >= 0.6 is 0 Å². The number of aliphatic hydroxyl groups is 1. The monoisotopic (exact) mass is 511 g/mol. The van der Waals surface area contributed by atoms with Crippen LogP contribution in [0.15, 0.2) is 24.3 Å². The van der Waals surface area contributed by atoms with Crippen molar-refractivity contribution >= 4 is 12.0 Å². The molecule has 0 saturated carbocycles. The second-order valence-corrected chi connectivity index (χ2v) is 9.50. The summed E-state index contributed by atoms with van der Waals surface area (Å²) in [6, 6.07) is 6.93. The van der Waals surface area contributed by atoms with Crippen LogP contribution in [-0.2, 0) is 19.0 Å².